The number of anilines is 1. The van der Waals surface area contributed by atoms with Crippen LogP contribution in [0.5, 0.6) is 0 Å². The van der Waals surface area contributed by atoms with E-state index in [-0.39, 0.29) is 5.91 Å². The summed E-state index contributed by atoms with van der Waals surface area (Å²) >= 11 is 6.75. The number of hydrogen-bond donors (Lipinski definition) is 3. The molecule has 0 saturated heterocycles. The summed E-state index contributed by atoms with van der Waals surface area (Å²) in [4.78, 5) is 11.9. The number of amides is 1. The van der Waals surface area contributed by atoms with Gasteiger partial charge in [-0.25, -0.2) is 0 Å². The van der Waals surface area contributed by atoms with Gasteiger partial charge in [-0.15, -0.1) is 11.8 Å². The molecule has 0 aromatic heterocycles. The van der Waals surface area contributed by atoms with Crippen LogP contribution in [-0.2, 0) is 10.5 Å². The van der Waals surface area contributed by atoms with Gasteiger partial charge >= 0.3 is 0 Å². The SMILES string of the molecule is Cc1ccc(CSCC(=O)NNC(=S)Nc2ccc(C)c(C)c2)cc1. The van der Waals surface area contributed by atoms with Gasteiger partial charge in [-0.3, -0.25) is 15.6 Å². The minimum atomic E-state index is -0.110. The molecule has 0 aliphatic rings. The van der Waals surface area contributed by atoms with Crippen molar-refractivity contribution in [3.63, 3.8) is 0 Å². The first-order valence-electron chi connectivity index (χ1n) is 8.00. The second-order valence-corrected chi connectivity index (χ2v) is 7.30. The molecule has 0 aliphatic carbocycles. The smallest absolute Gasteiger partial charge is 0.248 e. The summed E-state index contributed by atoms with van der Waals surface area (Å²) in [6.45, 7) is 6.17. The molecule has 0 heterocycles. The van der Waals surface area contributed by atoms with Gasteiger partial charge in [0.2, 0.25) is 5.91 Å². The fourth-order valence-corrected chi connectivity index (χ4v) is 3.05. The van der Waals surface area contributed by atoms with E-state index in [1.54, 1.807) is 11.8 Å². The molecule has 3 N–H and O–H groups in total. The predicted molar refractivity (Wildman–Crippen MR) is 111 cm³/mol. The maximum atomic E-state index is 11.9. The van der Waals surface area contributed by atoms with Gasteiger partial charge in [-0.2, -0.15) is 0 Å². The molecular formula is C19H23N3OS2. The highest BCUT2D eigenvalue weighted by Crippen LogP contribution is 2.14. The second-order valence-electron chi connectivity index (χ2n) is 5.90. The summed E-state index contributed by atoms with van der Waals surface area (Å²) in [6.07, 6.45) is 0. The Morgan fingerprint density at radius 2 is 1.72 bits per heavy atom. The lowest BCUT2D eigenvalue weighted by molar-refractivity contribution is -0.119. The Kier molecular flexibility index (Phi) is 7.28. The summed E-state index contributed by atoms with van der Waals surface area (Å²) < 4.78 is 0. The van der Waals surface area contributed by atoms with E-state index in [0.717, 1.165) is 11.4 Å². The Hall–Kier alpha value is -2.05. The Balaban J connectivity index is 1.67. The fraction of sp³-hybridized carbons (Fsp3) is 0.263. The average Bonchev–Trinajstić information content (AvgIpc) is 2.58. The van der Waals surface area contributed by atoms with Gasteiger partial charge in [0.1, 0.15) is 0 Å². The summed E-state index contributed by atoms with van der Waals surface area (Å²) in [5, 5.41) is 3.41. The second kappa shape index (κ2) is 9.44. The molecule has 0 aliphatic heterocycles. The third-order valence-corrected chi connectivity index (χ3v) is 4.91. The number of thioether (sulfide) groups is 1. The Labute approximate surface area is 158 Å². The topological polar surface area (TPSA) is 53.2 Å². The van der Waals surface area contributed by atoms with Crippen LogP contribution in [0.2, 0.25) is 0 Å². The number of rotatable bonds is 5. The average molecular weight is 374 g/mol. The molecule has 2 aromatic carbocycles. The van der Waals surface area contributed by atoms with E-state index in [1.165, 1.54) is 22.3 Å². The molecule has 25 heavy (non-hydrogen) atoms. The molecule has 0 fully saturated rings. The molecule has 6 heteroatoms. The van der Waals surface area contributed by atoms with E-state index >= 15 is 0 Å². The highest BCUT2D eigenvalue weighted by Gasteiger charge is 2.04. The van der Waals surface area contributed by atoms with Crippen LogP contribution in [0.4, 0.5) is 5.69 Å². The third-order valence-electron chi connectivity index (χ3n) is 3.70. The van der Waals surface area contributed by atoms with Gasteiger partial charge in [-0.05, 0) is 61.8 Å². The molecule has 0 unspecified atom stereocenters. The first kappa shape index (κ1) is 19.3. The van der Waals surface area contributed by atoms with E-state index in [9.17, 15) is 4.79 Å². The van der Waals surface area contributed by atoms with Crippen molar-refractivity contribution in [2.75, 3.05) is 11.1 Å². The first-order valence-corrected chi connectivity index (χ1v) is 9.57. The lowest BCUT2D eigenvalue weighted by Gasteiger charge is -2.12. The van der Waals surface area contributed by atoms with Crippen LogP contribution < -0.4 is 16.2 Å². The van der Waals surface area contributed by atoms with E-state index in [2.05, 4.69) is 54.3 Å². The van der Waals surface area contributed by atoms with E-state index in [0.29, 0.717) is 10.9 Å². The van der Waals surface area contributed by atoms with Crippen molar-refractivity contribution in [1.82, 2.24) is 10.9 Å². The predicted octanol–water partition coefficient (Wildman–Crippen LogP) is 3.86. The van der Waals surface area contributed by atoms with Crippen LogP contribution in [-0.4, -0.2) is 16.8 Å². The van der Waals surface area contributed by atoms with Gasteiger partial charge in [0, 0.05) is 11.4 Å². The van der Waals surface area contributed by atoms with Crippen LogP contribution in [0.3, 0.4) is 0 Å². The summed E-state index contributed by atoms with van der Waals surface area (Å²) in [6, 6.07) is 14.3. The zero-order chi connectivity index (χ0) is 18.2. The highest BCUT2D eigenvalue weighted by molar-refractivity contribution is 7.99. The molecule has 0 radical (unpaired) electrons. The quantitative estimate of drug-likeness (QED) is 0.549. The summed E-state index contributed by atoms with van der Waals surface area (Å²) in [5.74, 6) is 1.06. The number of aryl methyl sites for hydroxylation is 3. The normalized spacial score (nSPS) is 10.2. The molecule has 0 spiro atoms. The molecule has 2 aromatic rings. The minimum absolute atomic E-state index is 0.110. The zero-order valence-corrected chi connectivity index (χ0v) is 16.3. The number of hydrogen-bond acceptors (Lipinski definition) is 3. The van der Waals surface area contributed by atoms with Crippen LogP contribution >= 0.6 is 24.0 Å². The number of carbonyl (C=O) groups excluding carboxylic acids is 1. The van der Waals surface area contributed by atoms with Crippen LogP contribution in [0.25, 0.3) is 0 Å². The summed E-state index contributed by atoms with van der Waals surface area (Å²) in [5.41, 5.74) is 11.1. The van der Waals surface area contributed by atoms with Crippen molar-refractivity contribution in [3.05, 3.63) is 64.7 Å². The van der Waals surface area contributed by atoms with Crippen LogP contribution in [0.15, 0.2) is 42.5 Å². The van der Waals surface area contributed by atoms with Gasteiger partial charge < -0.3 is 5.32 Å². The van der Waals surface area contributed by atoms with E-state index in [4.69, 9.17) is 12.2 Å². The lowest BCUT2D eigenvalue weighted by Crippen LogP contribution is -2.44. The van der Waals surface area contributed by atoms with Crippen molar-refractivity contribution in [3.8, 4) is 0 Å². The number of thiocarbonyl (C=S) groups is 1. The van der Waals surface area contributed by atoms with Crippen molar-refractivity contribution in [2.24, 2.45) is 0 Å². The Morgan fingerprint density at radius 3 is 2.40 bits per heavy atom. The van der Waals surface area contributed by atoms with Crippen molar-refractivity contribution < 1.29 is 4.79 Å². The lowest BCUT2D eigenvalue weighted by atomic mass is 10.1. The molecule has 2 rings (SSSR count). The zero-order valence-electron chi connectivity index (χ0n) is 14.7. The largest absolute Gasteiger partial charge is 0.331 e. The molecular weight excluding hydrogens is 350 g/mol. The van der Waals surface area contributed by atoms with Gasteiger partial charge in [0.05, 0.1) is 5.75 Å². The monoisotopic (exact) mass is 373 g/mol. The highest BCUT2D eigenvalue weighted by atomic mass is 32.2. The number of nitrogens with one attached hydrogen (secondary N) is 3. The Morgan fingerprint density at radius 1 is 1.00 bits per heavy atom. The molecule has 1 amide bonds. The minimum Gasteiger partial charge on any atom is -0.331 e. The molecule has 0 saturated carbocycles. The van der Waals surface area contributed by atoms with Crippen LogP contribution in [0, 0.1) is 20.8 Å². The summed E-state index contributed by atoms with van der Waals surface area (Å²) in [7, 11) is 0. The molecule has 0 bridgehead atoms. The van der Waals surface area contributed by atoms with Gasteiger partial charge in [0.25, 0.3) is 0 Å². The Bertz CT molecular complexity index is 745. The maximum Gasteiger partial charge on any atom is 0.248 e. The number of carbonyl (C=O) groups is 1. The van der Waals surface area contributed by atoms with E-state index in [1.807, 2.05) is 25.1 Å². The molecule has 0 atom stereocenters. The number of hydrazine groups is 1. The van der Waals surface area contributed by atoms with Crippen LogP contribution in [0.1, 0.15) is 22.3 Å². The van der Waals surface area contributed by atoms with Crippen molar-refractivity contribution in [2.45, 2.75) is 26.5 Å². The standard InChI is InChI=1S/C19H23N3OS2/c1-13-4-7-16(8-5-13)11-25-12-18(23)21-22-19(24)20-17-9-6-14(2)15(3)10-17/h4-10H,11-12H2,1-3H3,(H,21,23)(H2,20,22,24). The van der Waals surface area contributed by atoms with Crippen molar-refractivity contribution >= 4 is 40.7 Å². The van der Waals surface area contributed by atoms with Gasteiger partial charge in [0.15, 0.2) is 5.11 Å². The molecule has 132 valence electrons. The fourth-order valence-electron chi connectivity index (χ4n) is 2.09. The number of benzene rings is 2. The van der Waals surface area contributed by atoms with Crippen molar-refractivity contribution in [1.29, 1.82) is 0 Å². The van der Waals surface area contributed by atoms with E-state index < -0.39 is 0 Å². The van der Waals surface area contributed by atoms with Gasteiger partial charge in [-0.1, -0.05) is 35.9 Å². The molecule has 4 nitrogen and oxygen atoms in total. The third kappa shape index (κ3) is 6.76. The first-order chi connectivity index (χ1) is 11.9. The maximum absolute atomic E-state index is 11.9.